The van der Waals surface area contributed by atoms with E-state index < -0.39 is 0 Å². The maximum atomic E-state index is 12.3. The Bertz CT molecular complexity index is 754. The highest BCUT2D eigenvalue weighted by Crippen LogP contribution is 2.21. The van der Waals surface area contributed by atoms with Crippen LogP contribution in [0.15, 0.2) is 18.2 Å². The second-order valence-corrected chi connectivity index (χ2v) is 6.71. The van der Waals surface area contributed by atoms with Gasteiger partial charge < -0.3 is 14.6 Å². The van der Waals surface area contributed by atoms with Crippen LogP contribution in [0, 0.1) is 13.8 Å². The summed E-state index contributed by atoms with van der Waals surface area (Å²) in [5.74, 6) is 2.45. The van der Waals surface area contributed by atoms with Gasteiger partial charge in [0.25, 0.3) is 5.91 Å². The first-order valence-electron chi connectivity index (χ1n) is 8.96. The van der Waals surface area contributed by atoms with Gasteiger partial charge in [-0.25, -0.2) is 0 Å². The molecule has 1 atom stereocenters. The topological polar surface area (TPSA) is 69.0 Å². The van der Waals surface area contributed by atoms with E-state index in [0.29, 0.717) is 0 Å². The zero-order valence-electron chi connectivity index (χ0n) is 15.2. The zero-order valence-corrected chi connectivity index (χ0v) is 15.2. The highest BCUT2D eigenvalue weighted by molar-refractivity contribution is 5.77. The van der Waals surface area contributed by atoms with Crippen LogP contribution >= 0.6 is 0 Å². The van der Waals surface area contributed by atoms with Crippen LogP contribution in [0.4, 0.5) is 0 Å². The predicted octanol–water partition coefficient (Wildman–Crippen LogP) is 2.88. The smallest absolute Gasteiger partial charge is 0.258 e. The number of aromatic nitrogens is 3. The predicted molar refractivity (Wildman–Crippen MR) is 95.5 cm³/mol. The van der Waals surface area contributed by atoms with E-state index in [1.807, 2.05) is 39.0 Å². The fourth-order valence-corrected chi connectivity index (χ4v) is 3.20. The number of nitrogens with one attached hydrogen (secondary N) is 1. The van der Waals surface area contributed by atoms with Crippen molar-refractivity contribution >= 4 is 5.91 Å². The standard InChI is InChI=1S/C19H26N4O2/c1-13-8-7-9-16(14(13)2)25-12-18(24)20-15(3)19-22-21-17-10-5-4-6-11-23(17)19/h7-9,15H,4-6,10-12H2,1-3H3,(H,20,24)/t15-/m1/s1. The average Bonchev–Trinajstić information content (AvgIpc) is 2.85. The van der Waals surface area contributed by atoms with Crippen LogP contribution in [0.2, 0.25) is 0 Å². The number of ether oxygens (including phenoxy) is 1. The first-order valence-corrected chi connectivity index (χ1v) is 8.96. The Morgan fingerprint density at radius 3 is 2.96 bits per heavy atom. The summed E-state index contributed by atoms with van der Waals surface area (Å²) < 4.78 is 7.83. The third-order valence-electron chi connectivity index (χ3n) is 4.82. The molecular formula is C19H26N4O2. The van der Waals surface area contributed by atoms with Gasteiger partial charge in [-0.2, -0.15) is 0 Å². The number of nitrogens with zero attached hydrogens (tertiary/aromatic N) is 3. The Morgan fingerprint density at radius 2 is 2.12 bits per heavy atom. The molecule has 6 heteroatoms. The number of rotatable bonds is 5. The number of carbonyl (C=O) groups excluding carboxylic acids is 1. The summed E-state index contributed by atoms with van der Waals surface area (Å²) in [6, 6.07) is 5.66. The molecule has 134 valence electrons. The summed E-state index contributed by atoms with van der Waals surface area (Å²) in [5, 5.41) is 11.6. The molecule has 0 radical (unpaired) electrons. The molecule has 0 spiro atoms. The van der Waals surface area contributed by atoms with Gasteiger partial charge >= 0.3 is 0 Å². The van der Waals surface area contributed by atoms with Gasteiger partial charge in [0.2, 0.25) is 0 Å². The van der Waals surface area contributed by atoms with Crippen LogP contribution in [0.5, 0.6) is 5.75 Å². The van der Waals surface area contributed by atoms with E-state index in [0.717, 1.165) is 54.3 Å². The van der Waals surface area contributed by atoms with Crippen LogP contribution in [-0.2, 0) is 17.8 Å². The van der Waals surface area contributed by atoms with Crippen LogP contribution in [0.25, 0.3) is 0 Å². The molecule has 2 heterocycles. The van der Waals surface area contributed by atoms with Gasteiger partial charge in [0, 0.05) is 13.0 Å². The number of fused-ring (bicyclic) bond motifs is 1. The molecule has 6 nitrogen and oxygen atoms in total. The van der Waals surface area contributed by atoms with Crippen molar-refractivity contribution in [3.05, 3.63) is 41.0 Å². The summed E-state index contributed by atoms with van der Waals surface area (Å²) in [5.41, 5.74) is 2.21. The molecule has 0 saturated carbocycles. The highest BCUT2D eigenvalue weighted by atomic mass is 16.5. The third kappa shape index (κ3) is 4.00. The summed E-state index contributed by atoms with van der Waals surface area (Å²) in [6.07, 6.45) is 4.47. The lowest BCUT2D eigenvalue weighted by Gasteiger charge is -2.16. The maximum Gasteiger partial charge on any atom is 0.258 e. The largest absolute Gasteiger partial charge is 0.483 e. The molecule has 0 fully saturated rings. The molecule has 1 aromatic heterocycles. The minimum absolute atomic E-state index is 0.00434. The normalized spacial score (nSPS) is 15.2. The molecule has 1 N–H and O–H groups in total. The summed E-state index contributed by atoms with van der Waals surface area (Å²) in [6.45, 7) is 6.89. The van der Waals surface area contributed by atoms with Gasteiger partial charge in [0.15, 0.2) is 12.4 Å². The minimum Gasteiger partial charge on any atom is -0.483 e. The minimum atomic E-state index is -0.186. The van der Waals surface area contributed by atoms with Crippen molar-refractivity contribution in [3.8, 4) is 5.75 Å². The quantitative estimate of drug-likeness (QED) is 0.907. The maximum absolute atomic E-state index is 12.3. The lowest BCUT2D eigenvalue weighted by Crippen LogP contribution is -2.33. The molecule has 3 rings (SSSR count). The van der Waals surface area contributed by atoms with E-state index in [-0.39, 0.29) is 18.6 Å². The fraction of sp³-hybridized carbons (Fsp3) is 0.526. The van der Waals surface area contributed by atoms with Crippen molar-refractivity contribution in [2.24, 2.45) is 0 Å². The Kier molecular flexibility index (Phi) is 5.36. The van der Waals surface area contributed by atoms with Crippen molar-refractivity contribution < 1.29 is 9.53 Å². The lowest BCUT2D eigenvalue weighted by atomic mass is 10.1. The first kappa shape index (κ1) is 17.5. The molecule has 1 aliphatic heterocycles. The molecule has 2 aromatic rings. The van der Waals surface area contributed by atoms with Gasteiger partial charge in [-0.05, 0) is 50.8 Å². The lowest BCUT2D eigenvalue weighted by molar-refractivity contribution is -0.123. The van der Waals surface area contributed by atoms with Gasteiger partial charge in [-0.1, -0.05) is 18.6 Å². The van der Waals surface area contributed by atoms with Gasteiger partial charge in [-0.3, -0.25) is 4.79 Å². The molecule has 0 saturated heterocycles. The van der Waals surface area contributed by atoms with E-state index in [2.05, 4.69) is 20.1 Å². The molecule has 25 heavy (non-hydrogen) atoms. The third-order valence-corrected chi connectivity index (χ3v) is 4.82. The fourth-order valence-electron chi connectivity index (χ4n) is 3.20. The molecule has 0 unspecified atom stereocenters. The first-order chi connectivity index (χ1) is 12.1. The van der Waals surface area contributed by atoms with Crippen LogP contribution in [0.1, 0.15) is 55.0 Å². The average molecular weight is 342 g/mol. The van der Waals surface area contributed by atoms with E-state index in [1.165, 1.54) is 6.42 Å². The Morgan fingerprint density at radius 1 is 1.28 bits per heavy atom. The number of hydrogen-bond donors (Lipinski definition) is 1. The van der Waals surface area contributed by atoms with Crippen molar-refractivity contribution in [3.63, 3.8) is 0 Å². The SMILES string of the molecule is Cc1cccc(OCC(=O)N[C@H](C)c2nnc3n2CCCCC3)c1C. The van der Waals surface area contributed by atoms with Gasteiger partial charge in [-0.15, -0.1) is 10.2 Å². The monoisotopic (exact) mass is 342 g/mol. The van der Waals surface area contributed by atoms with E-state index in [4.69, 9.17) is 4.74 Å². The highest BCUT2D eigenvalue weighted by Gasteiger charge is 2.20. The van der Waals surface area contributed by atoms with Gasteiger partial charge in [0.1, 0.15) is 11.6 Å². The summed E-state index contributed by atoms with van der Waals surface area (Å²) >= 11 is 0. The number of aryl methyl sites for hydroxylation is 2. The Balaban J connectivity index is 1.59. The van der Waals surface area contributed by atoms with E-state index in [1.54, 1.807) is 0 Å². The van der Waals surface area contributed by atoms with Crippen LogP contribution < -0.4 is 10.1 Å². The van der Waals surface area contributed by atoms with Crippen LogP contribution in [0.3, 0.4) is 0 Å². The number of hydrogen-bond acceptors (Lipinski definition) is 4. The molecule has 1 amide bonds. The van der Waals surface area contributed by atoms with Crippen molar-refractivity contribution in [2.75, 3.05) is 6.61 Å². The Labute approximate surface area is 148 Å². The summed E-state index contributed by atoms with van der Waals surface area (Å²) in [7, 11) is 0. The molecule has 0 aliphatic carbocycles. The molecule has 1 aromatic carbocycles. The second kappa shape index (κ2) is 7.68. The van der Waals surface area contributed by atoms with E-state index in [9.17, 15) is 4.79 Å². The van der Waals surface area contributed by atoms with Crippen molar-refractivity contribution in [2.45, 2.75) is 59.0 Å². The van der Waals surface area contributed by atoms with Crippen molar-refractivity contribution in [1.82, 2.24) is 20.1 Å². The molecule has 1 aliphatic rings. The molecular weight excluding hydrogens is 316 g/mol. The second-order valence-electron chi connectivity index (χ2n) is 6.71. The Hall–Kier alpha value is -2.37. The number of benzene rings is 1. The van der Waals surface area contributed by atoms with Gasteiger partial charge in [0.05, 0.1) is 6.04 Å². The van der Waals surface area contributed by atoms with Crippen molar-refractivity contribution in [1.29, 1.82) is 0 Å². The zero-order chi connectivity index (χ0) is 17.8. The summed E-state index contributed by atoms with van der Waals surface area (Å²) in [4.78, 5) is 12.3. The van der Waals surface area contributed by atoms with E-state index >= 15 is 0 Å². The number of amides is 1. The number of carbonyl (C=O) groups is 1. The van der Waals surface area contributed by atoms with Crippen LogP contribution in [-0.4, -0.2) is 27.3 Å². The molecule has 0 bridgehead atoms.